The molecule has 0 atom stereocenters. The van der Waals surface area contributed by atoms with E-state index in [4.69, 9.17) is 10.2 Å². The summed E-state index contributed by atoms with van der Waals surface area (Å²) in [6.07, 6.45) is -0.424. The van der Waals surface area contributed by atoms with Crippen molar-refractivity contribution in [1.29, 1.82) is 0 Å². The van der Waals surface area contributed by atoms with Gasteiger partial charge in [0.1, 0.15) is 0 Å². The van der Waals surface area contributed by atoms with Gasteiger partial charge in [0.05, 0.1) is 18.1 Å². The molecule has 0 aromatic heterocycles. The summed E-state index contributed by atoms with van der Waals surface area (Å²) >= 11 is 0. The summed E-state index contributed by atoms with van der Waals surface area (Å²) in [7, 11) is 0. The molecule has 0 bridgehead atoms. The molecule has 6 nitrogen and oxygen atoms in total. The van der Waals surface area contributed by atoms with Gasteiger partial charge in [-0.1, -0.05) is 0 Å². The highest BCUT2D eigenvalue weighted by Crippen LogP contribution is 2.03. The molecule has 0 aliphatic rings. The Morgan fingerprint density at radius 2 is 1.80 bits per heavy atom. The Labute approximate surface area is 86.2 Å². The zero-order valence-electron chi connectivity index (χ0n) is 8.39. The van der Waals surface area contributed by atoms with Crippen molar-refractivity contribution < 1.29 is 29.3 Å². The Morgan fingerprint density at radius 1 is 1.27 bits per heavy atom. The van der Waals surface area contributed by atoms with Crippen LogP contribution in [0.25, 0.3) is 0 Å². The molecule has 0 fully saturated rings. The second-order valence-corrected chi connectivity index (χ2v) is 3.03. The fourth-order valence-corrected chi connectivity index (χ4v) is 0.760. The van der Waals surface area contributed by atoms with Gasteiger partial charge in [0.2, 0.25) is 0 Å². The average molecular weight is 216 g/mol. The van der Waals surface area contributed by atoms with Gasteiger partial charge in [-0.3, -0.25) is 4.79 Å². The van der Waals surface area contributed by atoms with E-state index in [0.717, 1.165) is 0 Å². The minimum absolute atomic E-state index is 0.381. The average Bonchev–Trinajstić information content (AvgIpc) is 1.99. The summed E-state index contributed by atoms with van der Waals surface area (Å²) in [5.41, 5.74) is -0.506. The smallest absolute Gasteiger partial charge is 0.332 e. The summed E-state index contributed by atoms with van der Waals surface area (Å²) in [5, 5.41) is 16.9. The van der Waals surface area contributed by atoms with Crippen LogP contribution >= 0.6 is 0 Å². The van der Waals surface area contributed by atoms with Crippen LogP contribution in [0.1, 0.15) is 20.3 Å². The van der Waals surface area contributed by atoms with Crippen LogP contribution in [-0.4, -0.2) is 34.2 Å². The summed E-state index contributed by atoms with van der Waals surface area (Å²) in [6.45, 7) is 3.20. The van der Waals surface area contributed by atoms with Gasteiger partial charge in [-0.2, -0.15) is 0 Å². The molecule has 0 aromatic carbocycles. The lowest BCUT2D eigenvalue weighted by atomic mass is 10.2. The van der Waals surface area contributed by atoms with Crippen LogP contribution in [0, 0.1) is 0 Å². The third-order valence-corrected chi connectivity index (χ3v) is 1.26. The number of carbonyl (C=O) groups is 3. The van der Waals surface area contributed by atoms with E-state index in [1.54, 1.807) is 13.8 Å². The van der Waals surface area contributed by atoms with Crippen LogP contribution < -0.4 is 0 Å². The summed E-state index contributed by atoms with van der Waals surface area (Å²) in [5.74, 6) is -3.62. The van der Waals surface area contributed by atoms with E-state index in [2.05, 4.69) is 4.74 Å². The lowest BCUT2D eigenvalue weighted by Crippen LogP contribution is -2.13. The summed E-state index contributed by atoms with van der Waals surface area (Å²) in [4.78, 5) is 31.8. The Morgan fingerprint density at radius 3 is 2.13 bits per heavy atom. The molecule has 6 heteroatoms. The van der Waals surface area contributed by atoms with Crippen LogP contribution in [0.2, 0.25) is 0 Å². The molecule has 0 aliphatic carbocycles. The molecule has 2 N–H and O–H groups in total. The highest BCUT2D eigenvalue weighted by atomic mass is 16.5. The number of aliphatic carboxylic acids is 2. The first-order valence-electron chi connectivity index (χ1n) is 4.19. The van der Waals surface area contributed by atoms with Gasteiger partial charge in [0.15, 0.2) is 0 Å². The van der Waals surface area contributed by atoms with E-state index in [-0.39, 0.29) is 6.10 Å². The van der Waals surface area contributed by atoms with Crippen molar-refractivity contribution >= 4 is 17.9 Å². The number of ether oxygens (including phenoxy) is 1. The first-order valence-corrected chi connectivity index (χ1v) is 4.19. The van der Waals surface area contributed by atoms with Crippen LogP contribution in [-0.2, 0) is 19.1 Å². The molecule has 0 saturated carbocycles. The van der Waals surface area contributed by atoms with E-state index in [1.165, 1.54) is 0 Å². The molecule has 0 rings (SSSR count). The Bertz CT molecular complexity index is 302. The molecular formula is C9H12O6. The Hall–Kier alpha value is -1.85. The second-order valence-electron chi connectivity index (χ2n) is 3.03. The largest absolute Gasteiger partial charge is 0.481 e. The van der Waals surface area contributed by atoms with Gasteiger partial charge in [0, 0.05) is 6.08 Å². The fraction of sp³-hybridized carbons (Fsp3) is 0.444. The van der Waals surface area contributed by atoms with E-state index < -0.39 is 29.9 Å². The minimum atomic E-state index is -1.45. The first kappa shape index (κ1) is 13.2. The second kappa shape index (κ2) is 5.79. The molecule has 15 heavy (non-hydrogen) atoms. The molecule has 0 radical (unpaired) electrons. The topological polar surface area (TPSA) is 101 Å². The summed E-state index contributed by atoms with van der Waals surface area (Å²) in [6, 6.07) is 0. The van der Waals surface area contributed by atoms with E-state index in [9.17, 15) is 14.4 Å². The number of esters is 1. The van der Waals surface area contributed by atoms with Gasteiger partial charge < -0.3 is 14.9 Å². The van der Waals surface area contributed by atoms with Crippen molar-refractivity contribution in [2.24, 2.45) is 0 Å². The number of carboxylic acids is 2. The number of rotatable bonds is 5. The summed E-state index contributed by atoms with van der Waals surface area (Å²) < 4.78 is 4.64. The molecule has 0 aromatic rings. The molecule has 0 heterocycles. The third-order valence-electron chi connectivity index (χ3n) is 1.26. The minimum Gasteiger partial charge on any atom is -0.481 e. The zero-order valence-corrected chi connectivity index (χ0v) is 8.39. The predicted octanol–water partition coefficient (Wildman–Crippen LogP) is 0.424. The maximum absolute atomic E-state index is 11.0. The first-order chi connectivity index (χ1) is 6.82. The Kier molecular flexibility index (Phi) is 5.08. The zero-order chi connectivity index (χ0) is 12.0. The number of hydrogen-bond acceptors (Lipinski definition) is 4. The normalized spacial score (nSPS) is 11.3. The maximum atomic E-state index is 11.0. The standard InChI is InChI=1S/C9H12O6/c1-5(2)15-8(12)4-6(9(13)14)3-7(10)11/h4-5H,3H2,1-2H3,(H,10,11)(H,13,14). The van der Waals surface area contributed by atoms with Crippen molar-refractivity contribution in [3.63, 3.8) is 0 Å². The number of hydrogen-bond donors (Lipinski definition) is 2. The van der Waals surface area contributed by atoms with Crippen LogP contribution in [0.4, 0.5) is 0 Å². The predicted molar refractivity (Wildman–Crippen MR) is 49.2 cm³/mol. The number of carboxylic acid groups (broad SMARTS) is 2. The van der Waals surface area contributed by atoms with Crippen LogP contribution in [0.3, 0.4) is 0 Å². The molecule has 0 saturated heterocycles. The van der Waals surface area contributed by atoms with Crippen molar-refractivity contribution in [3.05, 3.63) is 11.6 Å². The third kappa shape index (κ3) is 6.25. The Balaban J connectivity index is 4.61. The molecule has 0 spiro atoms. The SMILES string of the molecule is CC(C)OC(=O)C=C(CC(=O)O)C(=O)O. The lowest BCUT2D eigenvalue weighted by molar-refractivity contribution is -0.142. The van der Waals surface area contributed by atoms with Gasteiger partial charge in [0.25, 0.3) is 0 Å². The van der Waals surface area contributed by atoms with Gasteiger partial charge >= 0.3 is 17.9 Å². The van der Waals surface area contributed by atoms with E-state index in [1.807, 2.05) is 0 Å². The fourth-order valence-electron chi connectivity index (χ4n) is 0.760. The van der Waals surface area contributed by atoms with Crippen LogP contribution in [0.15, 0.2) is 11.6 Å². The molecular weight excluding hydrogens is 204 g/mol. The van der Waals surface area contributed by atoms with E-state index >= 15 is 0 Å². The molecule has 0 unspecified atom stereocenters. The van der Waals surface area contributed by atoms with Crippen molar-refractivity contribution in [1.82, 2.24) is 0 Å². The number of carbonyl (C=O) groups excluding carboxylic acids is 1. The van der Waals surface area contributed by atoms with Crippen molar-refractivity contribution in [2.75, 3.05) is 0 Å². The van der Waals surface area contributed by atoms with E-state index in [0.29, 0.717) is 6.08 Å². The highest BCUT2D eigenvalue weighted by Gasteiger charge is 2.14. The van der Waals surface area contributed by atoms with Gasteiger partial charge in [-0.05, 0) is 13.8 Å². The monoisotopic (exact) mass is 216 g/mol. The quantitative estimate of drug-likeness (QED) is 0.510. The molecule has 0 aliphatic heterocycles. The highest BCUT2D eigenvalue weighted by molar-refractivity contribution is 5.98. The van der Waals surface area contributed by atoms with Gasteiger partial charge in [-0.25, -0.2) is 9.59 Å². The molecule has 0 amide bonds. The van der Waals surface area contributed by atoms with Gasteiger partial charge in [-0.15, -0.1) is 0 Å². The lowest BCUT2D eigenvalue weighted by Gasteiger charge is -2.05. The van der Waals surface area contributed by atoms with Crippen LogP contribution in [0.5, 0.6) is 0 Å². The van der Waals surface area contributed by atoms with Crippen molar-refractivity contribution in [2.45, 2.75) is 26.4 Å². The maximum Gasteiger partial charge on any atom is 0.332 e. The molecule has 84 valence electrons. The van der Waals surface area contributed by atoms with Crippen molar-refractivity contribution in [3.8, 4) is 0 Å².